The Morgan fingerprint density at radius 3 is 2.23 bits per heavy atom. The van der Waals surface area contributed by atoms with Gasteiger partial charge in [-0.05, 0) is 13.1 Å². The quantitative estimate of drug-likeness (QED) is 0.563. The van der Waals surface area contributed by atoms with Gasteiger partial charge >= 0.3 is 0 Å². The van der Waals surface area contributed by atoms with Gasteiger partial charge in [-0.15, -0.1) is 0 Å². The highest BCUT2D eigenvalue weighted by Gasteiger charge is 2.32. The molecule has 2 aromatic carbocycles. The van der Waals surface area contributed by atoms with Crippen LogP contribution in [0.5, 0.6) is 0 Å². The zero-order valence-electron chi connectivity index (χ0n) is 17.0. The number of hydrogen-bond donors (Lipinski definition) is 1. The molecule has 1 saturated heterocycles. The highest BCUT2D eigenvalue weighted by Crippen LogP contribution is 2.39. The molecule has 0 unspecified atom stereocenters. The third-order valence-corrected chi connectivity index (χ3v) is 6.29. The van der Waals surface area contributed by atoms with E-state index in [0.29, 0.717) is 34.1 Å². The summed E-state index contributed by atoms with van der Waals surface area (Å²) in [5, 5.41) is 12.1. The van der Waals surface area contributed by atoms with Crippen molar-refractivity contribution in [2.24, 2.45) is 0 Å². The Kier molecular flexibility index (Phi) is 4.77. The standard InChI is InChI=1S/C24H25N3O3/c1-25-10-12-26(13-11-25)14-16(28)15-27-22-18-7-3-4-8-19(18)23(29)21(22)17-6-2-5-9-20(17)24(27)30/h2-9,16,28H,10-15H2,1H3/t16-/m0/s1. The van der Waals surface area contributed by atoms with Crippen LogP contribution < -0.4 is 5.56 Å². The Morgan fingerprint density at radius 1 is 0.867 bits per heavy atom. The molecular formula is C24H25N3O3. The predicted molar refractivity (Wildman–Crippen MR) is 117 cm³/mol. The molecule has 1 fully saturated rings. The number of nitrogens with zero attached hydrogens (tertiary/aromatic N) is 3. The van der Waals surface area contributed by atoms with Crippen molar-refractivity contribution < 1.29 is 9.90 Å². The fourth-order valence-electron chi connectivity index (χ4n) is 4.70. The lowest BCUT2D eigenvalue weighted by atomic mass is 10.0. The van der Waals surface area contributed by atoms with Gasteiger partial charge in [-0.3, -0.25) is 14.5 Å². The van der Waals surface area contributed by atoms with Crippen LogP contribution in [-0.4, -0.2) is 71.1 Å². The van der Waals surface area contributed by atoms with Gasteiger partial charge in [-0.2, -0.15) is 0 Å². The molecule has 2 aliphatic rings. The van der Waals surface area contributed by atoms with Crippen LogP contribution in [-0.2, 0) is 6.54 Å². The number of ketones is 1. The molecule has 30 heavy (non-hydrogen) atoms. The average Bonchev–Trinajstić information content (AvgIpc) is 3.06. The first-order valence-electron chi connectivity index (χ1n) is 10.4. The molecule has 1 atom stereocenters. The number of carbonyl (C=O) groups excluding carboxylic acids is 1. The summed E-state index contributed by atoms with van der Waals surface area (Å²) in [6.07, 6.45) is -0.695. The van der Waals surface area contributed by atoms with Crippen LogP contribution >= 0.6 is 0 Å². The minimum absolute atomic E-state index is 0.0564. The minimum Gasteiger partial charge on any atom is -0.390 e. The lowest BCUT2D eigenvalue weighted by molar-refractivity contribution is 0.0708. The van der Waals surface area contributed by atoms with Crippen molar-refractivity contribution in [2.45, 2.75) is 12.6 Å². The Labute approximate surface area is 175 Å². The molecule has 5 rings (SSSR count). The molecule has 154 valence electrons. The molecule has 1 aliphatic carbocycles. The van der Waals surface area contributed by atoms with Gasteiger partial charge in [0, 0.05) is 54.6 Å². The van der Waals surface area contributed by atoms with Crippen molar-refractivity contribution in [1.82, 2.24) is 14.4 Å². The number of fused-ring (bicyclic) bond motifs is 5. The Hall–Kier alpha value is -2.80. The number of pyridine rings is 1. The first kappa shape index (κ1) is 19.2. The summed E-state index contributed by atoms with van der Waals surface area (Å²) in [5.41, 5.74) is 2.43. The van der Waals surface area contributed by atoms with Gasteiger partial charge in [0.2, 0.25) is 0 Å². The number of aromatic nitrogens is 1. The van der Waals surface area contributed by atoms with Crippen LogP contribution in [0.2, 0.25) is 0 Å². The summed E-state index contributed by atoms with van der Waals surface area (Å²) in [5.74, 6) is -0.0564. The fraction of sp³-hybridized carbons (Fsp3) is 0.333. The van der Waals surface area contributed by atoms with E-state index in [2.05, 4.69) is 16.8 Å². The van der Waals surface area contributed by atoms with E-state index in [1.54, 1.807) is 10.6 Å². The van der Waals surface area contributed by atoms with Crippen molar-refractivity contribution in [3.8, 4) is 11.3 Å². The molecule has 6 nitrogen and oxygen atoms in total. The molecule has 2 heterocycles. The minimum atomic E-state index is -0.695. The van der Waals surface area contributed by atoms with Gasteiger partial charge in [0.25, 0.3) is 5.56 Å². The molecular weight excluding hydrogens is 378 g/mol. The van der Waals surface area contributed by atoms with Crippen molar-refractivity contribution >= 4 is 16.6 Å². The molecule has 0 amide bonds. The zero-order chi connectivity index (χ0) is 20.8. The number of rotatable bonds is 4. The molecule has 1 N–H and O–H groups in total. The number of likely N-dealkylation sites (N-methyl/N-ethyl adjacent to an activating group) is 1. The summed E-state index contributed by atoms with van der Waals surface area (Å²) >= 11 is 0. The van der Waals surface area contributed by atoms with E-state index in [4.69, 9.17) is 0 Å². The van der Waals surface area contributed by atoms with E-state index >= 15 is 0 Å². The van der Waals surface area contributed by atoms with Gasteiger partial charge in [-0.1, -0.05) is 42.5 Å². The van der Waals surface area contributed by atoms with E-state index in [1.165, 1.54) is 0 Å². The van der Waals surface area contributed by atoms with Crippen molar-refractivity contribution in [2.75, 3.05) is 39.8 Å². The zero-order valence-corrected chi connectivity index (χ0v) is 17.0. The monoisotopic (exact) mass is 403 g/mol. The first-order valence-corrected chi connectivity index (χ1v) is 10.4. The van der Waals surface area contributed by atoms with E-state index < -0.39 is 6.10 Å². The second kappa shape index (κ2) is 7.47. The van der Waals surface area contributed by atoms with Gasteiger partial charge in [0.15, 0.2) is 5.78 Å². The summed E-state index contributed by atoms with van der Waals surface area (Å²) in [6, 6.07) is 14.7. The second-order valence-electron chi connectivity index (χ2n) is 8.32. The highest BCUT2D eigenvalue weighted by atomic mass is 16.3. The lowest BCUT2D eigenvalue weighted by Crippen LogP contribution is -2.48. The molecule has 6 heteroatoms. The molecule has 0 bridgehead atoms. The maximum absolute atomic E-state index is 13.4. The largest absolute Gasteiger partial charge is 0.390 e. The van der Waals surface area contributed by atoms with Crippen LogP contribution in [0.3, 0.4) is 0 Å². The number of hydrogen-bond acceptors (Lipinski definition) is 5. The summed E-state index contributed by atoms with van der Waals surface area (Å²) in [6.45, 7) is 4.43. The Balaban J connectivity index is 1.58. The summed E-state index contributed by atoms with van der Waals surface area (Å²) in [7, 11) is 2.10. The third-order valence-electron chi connectivity index (χ3n) is 6.29. The van der Waals surface area contributed by atoms with Gasteiger partial charge in [-0.25, -0.2) is 0 Å². The lowest BCUT2D eigenvalue weighted by Gasteiger charge is -2.33. The van der Waals surface area contributed by atoms with Gasteiger partial charge in [0.1, 0.15) is 0 Å². The molecule has 0 radical (unpaired) electrons. The SMILES string of the molecule is CN1CCN(C[C@H](O)Cn2c3c(c4ccccc4c2=O)C(=O)c2ccccc2-3)CC1. The number of piperazine rings is 1. The fourth-order valence-corrected chi connectivity index (χ4v) is 4.70. The Morgan fingerprint density at radius 2 is 1.50 bits per heavy atom. The molecule has 3 aromatic rings. The molecule has 0 spiro atoms. The van der Waals surface area contributed by atoms with Crippen LogP contribution in [0.1, 0.15) is 15.9 Å². The van der Waals surface area contributed by atoms with Crippen molar-refractivity contribution in [3.63, 3.8) is 0 Å². The number of carbonyl (C=O) groups is 1. The predicted octanol–water partition coefficient (Wildman–Crippen LogP) is 1.82. The maximum atomic E-state index is 13.4. The Bertz CT molecular complexity index is 1190. The first-order chi connectivity index (χ1) is 14.5. The second-order valence-corrected chi connectivity index (χ2v) is 8.32. The number of β-amino-alcohol motifs (C(OH)–C–C–N with tert-alkyl or cyclic N) is 1. The number of aliphatic hydroxyl groups excluding tert-OH is 1. The summed E-state index contributed by atoms with van der Waals surface area (Å²) in [4.78, 5) is 31.1. The van der Waals surface area contributed by atoms with Crippen LogP contribution in [0.25, 0.3) is 22.0 Å². The smallest absolute Gasteiger partial charge is 0.259 e. The van der Waals surface area contributed by atoms with Crippen LogP contribution in [0, 0.1) is 0 Å². The molecule has 0 saturated carbocycles. The molecule has 1 aliphatic heterocycles. The third kappa shape index (κ3) is 3.08. The summed E-state index contributed by atoms with van der Waals surface area (Å²) < 4.78 is 1.61. The molecule has 1 aromatic heterocycles. The van der Waals surface area contributed by atoms with Crippen molar-refractivity contribution in [3.05, 3.63) is 70.0 Å². The highest BCUT2D eigenvalue weighted by molar-refractivity contribution is 6.26. The topological polar surface area (TPSA) is 65.8 Å². The number of aliphatic hydroxyl groups is 1. The van der Waals surface area contributed by atoms with Gasteiger partial charge in [0.05, 0.1) is 23.9 Å². The van der Waals surface area contributed by atoms with Crippen molar-refractivity contribution in [1.29, 1.82) is 0 Å². The van der Waals surface area contributed by atoms with Gasteiger partial charge < -0.3 is 14.6 Å². The van der Waals surface area contributed by atoms with Crippen LogP contribution in [0.4, 0.5) is 0 Å². The normalized spacial score (nSPS) is 17.9. The number of benzene rings is 2. The van der Waals surface area contributed by atoms with Crippen LogP contribution in [0.15, 0.2) is 53.3 Å². The average molecular weight is 403 g/mol. The van der Waals surface area contributed by atoms with E-state index in [1.807, 2.05) is 42.5 Å². The van der Waals surface area contributed by atoms with E-state index in [-0.39, 0.29) is 17.9 Å². The van der Waals surface area contributed by atoms with E-state index in [0.717, 1.165) is 31.7 Å². The van der Waals surface area contributed by atoms with E-state index in [9.17, 15) is 14.7 Å². The maximum Gasteiger partial charge on any atom is 0.259 e.